The van der Waals surface area contributed by atoms with Crippen molar-refractivity contribution in [2.45, 2.75) is 19.3 Å². The Morgan fingerprint density at radius 3 is 2.46 bits per heavy atom. The summed E-state index contributed by atoms with van der Waals surface area (Å²) in [4.78, 5) is 1.96. The van der Waals surface area contributed by atoms with Gasteiger partial charge in [0.25, 0.3) is 0 Å². The Bertz CT molecular complexity index is 594. The molecule has 0 amide bonds. The van der Waals surface area contributed by atoms with Crippen LogP contribution in [0.5, 0.6) is 0 Å². The van der Waals surface area contributed by atoms with Gasteiger partial charge in [0.15, 0.2) is 0 Å². The monoisotopic (exact) mass is 333 g/mol. The fraction of sp³-hybridized carbons (Fsp3) is 0.368. The predicted octanol–water partition coefficient (Wildman–Crippen LogP) is 2.20. The molecule has 0 aliphatic heterocycles. The Kier molecular flexibility index (Phi) is 7.85. The summed E-state index contributed by atoms with van der Waals surface area (Å²) in [5.41, 5.74) is 1.59. The molecule has 0 saturated carbocycles. The number of aliphatic hydroxyl groups excluding tert-OH is 2. The van der Waals surface area contributed by atoms with Crippen molar-refractivity contribution in [1.29, 1.82) is 0 Å². The van der Waals surface area contributed by atoms with Crippen LogP contribution >= 0.6 is 0 Å². The molecule has 4 nitrogen and oxygen atoms in total. The molecule has 1 atom stereocenters. The highest BCUT2D eigenvalue weighted by atomic mass is 19.1. The maximum Gasteiger partial charge on any atom is 0.128 e. The van der Waals surface area contributed by atoms with Gasteiger partial charge in [0.2, 0.25) is 0 Å². The van der Waals surface area contributed by atoms with E-state index in [1.54, 1.807) is 18.2 Å². The van der Waals surface area contributed by atoms with E-state index in [4.69, 9.17) is 4.74 Å². The van der Waals surface area contributed by atoms with E-state index in [0.717, 1.165) is 5.56 Å². The van der Waals surface area contributed by atoms with Crippen LogP contribution in [0.1, 0.15) is 11.1 Å². The largest absolute Gasteiger partial charge is 0.395 e. The van der Waals surface area contributed by atoms with Crippen LogP contribution in [0.15, 0.2) is 54.6 Å². The molecule has 0 aliphatic rings. The molecule has 24 heavy (non-hydrogen) atoms. The lowest BCUT2D eigenvalue weighted by Crippen LogP contribution is -2.36. The van der Waals surface area contributed by atoms with Crippen LogP contribution in [0.2, 0.25) is 0 Å². The zero-order valence-electron chi connectivity index (χ0n) is 13.6. The number of halogens is 1. The third kappa shape index (κ3) is 6.37. The van der Waals surface area contributed by atoms with Crippen molar-refractivity contribution in [3.63, 3.8) is 0 Å². The average molecular weight is 333 g/mol. The molecule has 0 saturated heterocycles. The van der Waals surface area contributed by atoms with Gasteiger partial charge in [0.1, 0.15) is 5.82 Å². The maximum absolute atomic E-state index is 13.5. The maximum atomic E-state index is 13.5. The Morgan fingerprint density at radius 2 is 1.75 bits per heavy atom. The van der Waals surface area contributed by atoms with Crippen molar-refractivity contribution < 1.29 is 19.3 Å². The van der Waals surface area contributed by atoms with Crippen LogP contribution in [-0.4, -0.2) is 47.5 Å². The van der Waals surface area contributed by atoms with Gasteiger partial charge in [-0.3, -0.25) is 4.90 Å². The van der Waals surface area contributed by atoms with E-state index in [1.807, 2.05) is 35.2 Å². The van der Waals surface area contributed by atoms with Crippen molar-refractivity contribution in [2.24, 2.45) is 0 Å². The van der Waals surface area contributed by atoms with E-state index >= 15 is 0 Å². The predicted molar refractivity (Wildman–Crippen MR) is 90.9 cm³/mol. The minimum atomic E-state index is -0.702. The van der Waals surface area contributed by atoms with Gasteiger partial charge in [0, 0.05) is 25.2 Å². The molecule has 2 aromatic rings. The van der Waals surface area contributed by atoms with Crippen LogP contribution < -0.4 is 0 Å². The zero-order chi connectivity index (χ0) is 17.2. The summed E-state index contributed by atoms with van der Waals surface area (Å²) in [6.07, 6.45) is -0.702. The van der Waals surface area contributed by atoms with Gasteiger partial charge < -0.3 is 14.9 Å². The quantitative estimate of drug-likeness (QED) is 0.700. The number of rotatable bonds is 10. The van der Waals surface area contributed by atoms with Gasteiger partial charge >= 0.3 is 0 Å². The average Bonchev–Trinajstić information content (AvgIpc) is 2.58. The lowest BCUT2D eigenvalue weighted by molar-refractivity contribution is 0.00547. The Balaban J connectivity index is 1.78. The van der Waals surface area contributed by atoms with E-state index in [2.05, 4.69) is 0 Å². The van der Waals surface area contributed by atoms with Crippen molar-refractivity contribution in [2.75, 3.05) is 26.3 Å². The molecule has 0 aliphatic carbocycles. The smallest absolute Gasteiger partial charge is 0.128 e. The number of hydrogen-bond acceptors (Lipinski definition) is 4. The lowest BCUT2D eigenvalue weighted by Gasteiger charge is -2.24. The molecule has 130 valence electrons. The summed E-state index contributed by atoms with van der Waals surface area (Å²) in [7, 11) is 0. The molecule has 2 rings (SSSR count). The Labute approximate surface area is 142 Å². The molecule has 2 aromatic carbocycles. The zero-order valence-corrected chi connectivity index (χ0v) is 13.6. The number of ether oxygens (including phenoxy) is 1. The van der Waals surface area contributed by atoms with Crippen molar-refractivity contribution in [3.8, 4) is 0 Å². The minimum absolute atomic E-state index is 0.0234. The molecule has 0 bridgehead atoms. The third-order valence-corrected chi connectivity index (χ3v) is 3.66. The summed E-state index contributed by atoms with van der Waals surface area (Å²) < 4.78 is 18.9. The second-order valence-corrected chi connectivity index (χ2v) is 5.70. The Morgan fingerprint density at radius 1 is 1.04 bits per heavy atom. The lowest BCUT2D eigenvalue weighted by atomic mass is 10.2. The molecular formula is C19H24FNO3. The van der Waals surface area contributed by atoms with Crippen LogP contribution in [0.25, 0.3) is 0 Å². The number of nitrogens with zero attached hydrogens (tertiary/aromatic N) is 1. The number of benzene rings is 2. The van der Waals surface area contributed by atoms with Crippen LogP contribution in [0.4, 0.5) is 4.39 Å². The molecule has 0 unspecified atom stereocenters. The summed E-state index contributed by atoms with van der Waals surface area (Å²) >= 11 is 0. The fourth-order valence-electron chi connectivity index (χ4n) is 2.49. The van der Waals surface area contributed by atoms with Crippen molar-refractivity contribution in [1.82, 2.24) is 4.90 Å². The third-order valence-electron chi connectivity index (χ3n) is 3.66. The normalized spacial score (nSPS) is 12.5. The SMILES string of the molecule is OCCN(Cc1ccccc1)C[C@@H](O)COCc1ccccc1F. The van der Waals surface area contributed by atoms with Crippen LogP contribution in [0, 0.1) is 5.82 Å². The van der Waals surface area contributed by atoms with Gasteiger partial charge in [-0.25, -0.2) is 4.39 Å². The van der Waals surface area contributed by atoms with E-state index in [9.17, 15) is 14.6 Å². The minimum Gasteiger partial charge on any atom is -0.395 e. The second kappa shape index (κ2) is 10.2. The van der Waals surface area contributed by atoms with Gasteiger partial charge in [-0.05, 0) is 11.6 Å². The molecule has 0 aromatic heterocycles. The van der Waals surface area contributed by atoms with E-state index in [1.165, 1.54) is 6.07 Å². The summed E-state index contributed by atoms with van der Waals surface area (Å²) in [6.45, 7) is 1.76. The van der Waals surface area contributed by atoms with E-state index in [-0.39, 0.29) is 25.6 Å². The first-order chi connectivity index (χ1) is 11.7. The van der Waals surface area contributed by atoms with Gasteiger partial charge in [-0.1, -0.05) is 48.5 Å². The molecular weight excluding hydrogens is 309 g/mol. The van der Waals surface area contributed by atoms with Gasteiger partial charge in [-0.15, -0.1) is 0 Å². The molecule has 0 radical (unpaired) electrons. The standard InChI is InChI=1S/C19H24FNO3/c20-19-9-5-4-8-17(19)14-24-15-18(23)13-21(10-11-22)12-16-6-2-1-3-7-16/h1-9,18,22-23H,10-15H2/t18-/m1/s1. The first-order valence-corrected chi connectivity index (χ1v) is 8.05. The summed E-state index contributed by atoms with van der Waals surface area (Å²) in [6, 6.07) is 16.3. The van der Waals surface area contributed by atoms with Crippen molar-refractivity contribution in [3.05, 3.63) is 71.5 Å². The van der Waals surface area contributed by atoms with Gasteiger partial charge in [0.05, 0.1) is 25.9 Å². The number of hydrogen-bond donors (Lipinski definition) is 2. The first kappa shape index (κ1) is 18.5. The highest BCUT2D eigenvalue weighted by molar-refractivity contribution is 5.16. The Hall–Kier alpha value is -1.79. The van der Waals surface area contributed by atoms with Crippen LogP contribution in [-0.2, 0) is 17.9 Å². The molecule has 0 heterocycles. The highest BCUT2D eigenvalue weighted by Crippen LogP contribution is 2.09. The first-order valence-electron chi connectivity index (χ1n) is 8.05. The highest BCUT2D eigenvalue weighted by Gasteiger charge is 2.13. The molecule has 5 heteroatoms. The van der Waals surface area contributed by atoms with E-state index in [0.29, 0.717) is 25.2 Å². The molecule has 0 spiro atoms. The summed E-state index contributed by atoms with van der Waals surface area (Å²) in [5.74, 6) is -0.307. The number of aliphatic hydroxyl groups is 2. The summed E-state index contributed by atoms with van der Waals surface area (Å²) in [5, 5.41) is 19.3. The van der Waals surface area contributed by atoms with Crippen molar-refractivity contribution >= 4 is 0 Å². The van der Waals surface area contributed by atoms with Crippen LogP contribution in [0.3, 0.4) is 0 Å². The fourth-order valence-corrected chi connectivity index (χ4v) is 2.49. The second-order valence-electron chi connectivity index (χ2n) is 5.70. The molecule has 0 fully saturated rings. The topological polar surface area (TPSA) is 52.9 Å². The van der Waals surface area contributed by atoms with Gasteiger partial charge in [-0.2, -0.15) is 0 Å². The van der Waals surface area contributed by atoms with E-state index < -0.39 is 6.10 Å². The molecule has 2 N–H and O–H groups in total.